The van der Waals surface area contributed by atoms with Crippen molar-refractivity contribution in [3.8, 4) is 5.75 Å². The number of amides is 1. The van der Waals surface area contributed by atoms with Gasteiger partial charge in [-0.2, -0.15) is 0 Å². The number of nitro benzene ring substituents is 1. The lowest BCUT2D eigenvalue weighted by atomic mass is 10.0. The number of rotatable bonds is 6. The van der Waals surface area contributed by atoms with Crippen LogP contribution in [0, 0.1) is 10.1 Å². The Morgan fingerprint density at radius 3 is 2.65 bits per heavy atom. The summed E-state index contributed by atoms with van der Waals surface area (Å²) >= 11 is 3.33. The average molecular weight is 345 g/mol. The molecule has 20 heavy (non-hydrogen) atoms. The molecule has 7 heteroatoms. The third kappa shape index (κ3) is 4.19. The Labute approximate surface area is 125 Å². The number of carbonyl (C=O) groups is 1. The molecule has 0 saturated heterocycles. The molecule has 0 fully saturated rings. The van der Waals surface area contributed by atoms with E-state index in [4.69, 9.17) is 4.74 Å². The van der Waals surface area contributed by atoms with Crippen molar-refractivity contribution < 1.29 is 14.5 Å². The van der Waals surface area contributed by atoms with Gasteiger partial charge in [0.15, 0.2) is 0 Å². The summed E-state index contributed by atoms with van der Waals surface area (Å²) in [4.78, 5) is 22.4. The van der Waals surface area contributed by atoms with Crippen molar-refractivity contribution in [1.29, 1.82) is 0 Å². The molecule has 0 radical (unpaired) electrons. The van der Waals surface area contributed by atoms with Crippen LogP contribution in [0.4, 0.5) is 5.69 Å². The van der Waals surface area contributed by atoms with Gasteiger partial charge in [-0.15, -0.1) is 0 Å². The van der Waals surface area contributed by atoms with E-state index in [1.165, 1.54) is 25.3 Å². The average Bonchev–Trinajstić information content (AvgIpc) is 2.36. The highest BCUT2D eigenvalue weighted by molar-refractivity contribution is 9.09. The van der Waals surface area contributed by atoms with Crippen molar-refractivity contribution in [3.05, 3.63) is 33.9 Å². The highest BCUT2D eigenvalue weighted by Crippen LogP contribution is 2.25. The van der Waals surface area contributed by atoms with Gasteiger partial charge in [-0.3, -0.25) is 14.9 Å². The second-order valence-electron chi connectivity index (χ2n) is 4.92. The van der Waals surface area contributed by atoms with E-state index in [1.807, 2.05) is 13.8 Å². The van der Waals surface area contributed by atoms with Crippen LogP contribution in [0.1, 0.15) is 30.6 Å². The van der Waals surface area contributed by atoms with Gasteiger partial charge in [0.25, 0.3) is 11.6 Å². The first-order valence-corrected chi connectivity index (χ1v) is 7.14. The van der Waals surface area contributed by atoms with Crippen molar-refractivity contribution >= 4 is 27.5 Å². The van der Waals surface area contributed by atoms with Crippen LogP contribution in [-0.4, -0.2) is 28.8 Å². The third-order valence-electron chi connectivity index (χ3n) is 2.81. The highest BCUT2D eigenvalue weighted by atomic mass is 79.9. The molecule has 1 aromatic carbocycles. The Balaban J connectivity index is 3.01. The number of benzene rings is 1. The maximum atomic E-state index is 12.2. The fourth-order valence-corrected chi connectivity index (χ4v) is 2.65. The fourth-order valence-electron chi connectivity index (χ4n) is 1.65. The van der Waals surface area contributed by atoms with Gasteiger partial charge in [0.2, 0.25) is 0 Å². The zero-order chi connectivity index (χ0) is 15.3. The van der Waals surface area contributed by atoms with Gasteiger partial charge < -0.3 is 10.1 Å². The zero-order valence-corrected chi connectivity index (χ0v) is 13.2. The molecular weight excluding hydrogens is 328 g/mol. The molecule has 0 aromatic heterocycles. The van der Waals surface area contributed by atoms with Gasteiger partial charge in [-0.25, -0.2) is 0 Å². The number of carbonyl (C=O) groups excluding carboxylic acids is 1. The van der Waals surface area contributed by atoms with Gasteiger partial charge in [0.05, 0.1) is 23.7 Å². The molecule has 1 amide bonds. The minimum atomic E-state index is -0.529. The van der Waals surface area contributed by atoms with E-state index in [9.17, 15) is 14.9 Å². The summed E-state index contributed by atoms with van der Waals surface area (Å²) in [7, 11) is 1.37. The first-order valence-electron chi connectivity index (χ1n) is 6.01. The van der Waals surface area contributed by atoms with Gasteiger partial charge >= 0.3 is 0 Å². The van der Waals surface area contributed by atoms with Gasteiger partial charge in [-0.05, 0) is 26.3 Å². The standard InChI is InChI=1S/C13H17BrN2O4/c1-13(2,6-7-14)15-12(17)10-5-4-9(16(18)19)8-11(10)20-3/h4-5,8H,6-7H2,1-3H3,(H,15,17). The number of ether oxygens (including phenoxy) is 1. The van der Waals surface area contributed by atoms with Gasteiger partial charge in [0.1, 0.15) is 5.75 Å². The molecule has 0 bridgehead atoms. The van der Waals surface area contributed by atoms with E-state index in [2.05, 4.69) is 21.2 Å². The Morgan fingerprint density at radius 2 is 2.15 bits per heavy atom. The van der Waals surface area contributed by atoms with Crippen molar-refractivity contribution in [1.82, 2.24) is 5.32 Å². The third-order valence-corrected chi connectivity index (χ3v) is 3.21. The molecule has 0 aliphatic carbocycles. The number of hydrogen-bond acceptors (Lipinski definition) is 4. The number of halogens is 1. The largest absolute Gasteiger partial charge is 0.496 e. The van der Waals surface area contributed by atoms with Crippen LogP contribution in [0.3, 0.4) is 0 Å². The quantitative estimate of drug-likeness (QED) is 0.488. The summed E-state index contributed by atoms with van der Waals surface area (Å²) in [5, 5.41) is 14.3. The molecule has 1 N–H and O–H groups in total. The van der Waals surface area contributed by atoms with Crippen LogP contribution in [-0.2, 0) is 0 Å². The predicted molar refractivity (Wildman–Crippen MR) is 79.6 cm³/mol. The maximum Gasteiger partial charge on any atom is 0.273 e. The van der Waals surface area contributed by atoms with Crippen LogP contribution in [0.25, 0.3) is 0 Å². The van der Waals surface area contributed by atoms with E-state index in [-0.39, 0.29) is 28.4 Å². The van der Waals surface area contributed by atoms with Crippen molar-refractivity contribution in [3.63, 3.8) is 0 Å². The van der Waals surface area contributed by atoms with Crippen molar-refractivity contribution in [2.45, 2.75) is 25.8 Å². The zero-order valence-electron chi connectivity index (χ0n) is 11.6. The first kappa shape index (κ1) is 16.4. The molecule has 0 atom stereocenters. The fraction of sp³-hybridized carbons (Fsp3) is 0.462. The number of nitrogens with zero attached hydrogens (tertiary/aromatic N) is 1. The van der Waals surface area contributed by atoms with Crippen LogP contribution >= 0.6 is 15.9 Å². The summed E-state index contributed by atoms with van der Waals surface area (Å²) in [6.45, 7) is 3.81. The van der Waals surface area contributed by atoms with Crippen LogP contribution < -0.4 is 10.1 Å². The molecule has 0 saturated carbocycles. The summed E-state index contributed by atoms with van der Waals surface area (Å²) in [6, 6.07) is 3.93. The molecule has 0 aliphatic rings. The second kappa shape index (κ2) is 6.69. The molecule has 1 rings (SSSR count). The Kier molecular flexibility index (Phi) is 5.50. The molecule has 0 unspecified atom stereocenters. The number of nitro groups is 1. The monoisotopic (exact) mass is 344 g/mol. The van der Waals surface area contributed by atoms with Crippen molar-refractivity contribution in [2.24, 2.45) is 0 Å². The lowest BCUT2D eigenvalue weighted by Gasteiger charge is -2.25. The number of alkyl halides is 1. The second-order valence-corrected chi connectivity index (χ2v) is 5.71. The Morgan fingerprint density at radius 1 is 1.50 bits per heavy atom. The number of non-ortho nitro benzene ring substituents is 1. The van der Waals surface area contributed by atoms with Gasteiger partial charge in [-0.1, -0.05) is 15.9 Å². The Bertz CT molecular complexity index is 517. The normalized spacial score (nSPS) is 11.0. The van der Waals surface area contributed by atoms with Crippen molar-refractivity contribution in [2.75, 3.05) is 12.4 Å². The Hall–Kier alpha value is -1.63. The summed E-state index contributed by atoms with van der Waals surface area (Å²) in [5.41, 5.74) is -0.216. The topological polar surface area (TPSA) is 81.5 Å². The van der Waals surface area contributed by atoms with E-state index < -0.39 is 4.92 Å². The SMILES string of the molecule is COc1cc([N+](=O)[O-])ccc1C(=O)NC(C)(C)CCBr. The predicted octanol–water partition coefficient (Wildman–Crippen LogP) is 2.90. The van der Waals surface area contributed by atoms with E-state index in [1.54, 1.807) is 0 Å². The molecule has 110 valence electrons. The lowest BCUT2D eigenvalue weighted by Crippen LogP contribution is -2.43. The first-order chi connectivity index (χ1) is 9.30. The molecule has 0 aliphatic heterocycles. The molecule has 0 spiro atoms. The minimum absolute atomic E-state index is 0.113. The van der Waals surface area contributed by atoms with Crippen LogP contribution in [0.2, 0.25) is 0 Å². The summed E-state index contributed by atoms with van der Waals surface area (Å²) < 4.78 is 5.06. The number of hydrogen-bond donors (Lipinski definition) is 1. The summed E-state index contributed by atoms with van der Waals surface area (Å²) in [6.07, 6.45) is 0.758. The van der Waals surface area contributed by atoms with Crippen LogP contribution in [0.15, 0.2) is 18.2 Å². The molecule has 0 heterocycles. The summed E-state index contributed by atoms with van der Waals surface area (Å²) in [5.74, 6) is -0.131. The number of methoxy groups -OCH3 is 1. The highest BCUT2D eigenvalue weighted by Gasteiger charge is 2.23. The van der Waals surface area contributed by atoms with E-state index in [0.717, 1.165) is 11.8 Å². The van der Waals surface area contributed by atoms with Gasteiger partial charge in [0, 0.05) is 16.9 Å². The maximum absolute atomic E-state index is 12.2. The lowest BCUT2D eigenvalue weighted by molar-refractivity contribution is -0.384. The molecule has 1 aromatic rings. The molecule has 6 nitrogen and oxygen atoms in total. The van der Waals surface area contributed by atoms with E-state index in [0.29, 0.717) is 0 Å². The smallest absolute Gasteiger partial charge is 0.273 e. The van der Waals surface area contributed by atoms with Crippen LogP contribution in [0.5, 0.6) is 5.75 Å². The number of nitrogens with one attached hydrogen (secondary N) is 1. The molecular formula is C13H17BrN2O4. The minimum Gasteiger partial charge on any atom is -0.496 e. The van der Waals surface area contributed by atoms with E-state index >= 15 is 0 Å².